The zero-order valence-corrected chi connectivity index (χ0v) is 21.1. The van der Waals surface area contributed by atoms with Gasteiger partial charge < -0.3 is 24.8 Å². The van der Waals surface area contributed by atoms with Crippen LogP contribution in [-0.4, -0.2) is 58.5 Å². The topological polar surface area (TPSA) is 123 Å². The number of nitrogens with one attached hydrogen (secondary N) is 2. The van der Waals surface area contributed by atoms with Crippen molar-refractivity contribution in [1.29, 1.82) is 0 Å². The van der Waals surface area contributed by atoms with E-state index in [9.17, 15) is 18.0 Å². The normalized spacial score (nSPS) is 18.2. The molecule has 0 spiro atoms. The SMILES string of the molecule is COc1cc(Cl)c(NC(=O)C2CCCN(S(=O)(=O)c3cc4c(cc3C)NC(=O)CO4)C2)c(OC)c1. The molecule has 2 aliphatic rings. The van der Waals surface area contributed by atoms with Crippen LogP contribution in [0.15, 0.2) is 29.2 Å². The number of anilines is 2. The second kappa shape index (κ2) is 9.92. The van der Waals surface area contributed by atoms with Crippen molar-refractivity contribution in [2.75, 3.05) is 44.5 Å². The van der Waals surface area contributed by atoms with Gasteiger partial charge in [0.1, 0.15) is 22.9 Å². The summed E-state index contributed by atoms with van der Waals surface area (Å²) in [6.07, 6.45) is 1.04. The number of carbonyl (C=O) groups is 2. The van der Waals surface area contributed by atoms with Crippen LogP contribution in [0.2, 0.25) is 5.02 Å². The molecule has 2 N–H and O–H groups in total. The summed E-state index contributed by atoms with van der Waals surface area (Å²) >= 11 is 6.32. The Balaban J connectivity index is 1.54. The predicted octanol–water partition coefficient (Wildman–Crippen LogP) is 3.04. The zero-order valence-electron chi connectivity index (χ0n) is 19.5. The fourth-order valence-electron chi connectivity index (χ4n) is 4.19. The summed E-state index contributed by atoms with van der Waals surface area (Å²) in [5.74, 6) is -0.144. The van der Waals surface area contributed by atoms with Crippen LogP contribution in [0.4, 0.5) is 11.4 Å². The Morgan fingerprint density at radius 2 is 2.00 bits per heavy atom. The standard InChI is InChI=1S/C23H26ClN3O7S/c1-13-7-17-18(34-12-21(28)25-17)10-20(13)35(30,31)27-6-4-5-14(11-27)23(29)26-22-16(24)8-15(32-2)9-19(22)33-3/h7-10,14H,4-6,11-12H2,1-3H3,(H,25,28)(H,26,29). The molecule has 0 bridgehead atoms. The summed E-state index contributed by atoms with van der Waals surface area (Å²) in [6.45, 7) is 1.77. The van der Waals surface area contributed by atoms with Crippen LogP contribution in [0.5, 0.6) is 17.2 Å². The zero-order chi connectivity index (χ0) is 25.3. The van der Waals surface area contributed by atoms with Gasteiger partial charge in [0.2, 0.25) is 15.9 Å². The molecule has 0 saturated carbocycles. The lowest BCUT2D eigenvalue weighted by atomic mass is 9.98. The van der Waals surface area contributed by atoms with E-state index in [-0.39, 0.29) is 41.4 Å². The molecule has 35 heavy (non-hydrogen) atoms. The number of hydrogen-bond acceptors (Lipinski definition) is 7. The molecule has 1 atom stereocenters. The number of hydrogen-bond donors (Lipinski definition) is 2. The van der Waals surface area contributed by atoms with Crippen LogP contribution in [0.25, 0.3) is 0 Å². The molecule has 2 aliphatic heterocycles. The Morgan fingerprint density at radius 1 is 1.23 bits per heavy atom. The number of methoxy groups -OCH3 is 2. The fourth-order valence-corrected chi connectivity index (χ4v) is 6.18. The van der Waals surface area contributed by atoms with Crippen LogP contribution in [0, 0.1) is 12.8 Å². The minimum absolute atomic E-state index is 0.0123. The number of piperidine rings is 1. The molecular formula is C23H26ClN3O7S. The first-order valence-electron chi connectivity index (χ1n) is 10.9. The minimum atomic E-state index is -3.92. The van der Waals surface area contributed by atoms with Gasteiger partial charge in [-0.1, -0.05) is 11.6 Å². The van der Waals surface area contributed by atoms with Crippen LogP contribution < -0.4 is 24.8 Å². The van der Waals surface area contributed by atoms with E-state index in [4.69, 9.17) is 25.8 Å². The first-order valence-corrected chi connectivity index (χ1v) is 12.8. The second-order valence-corrected chi connectivity index (χ2v) is 10.6. The van der Waals surface area contributed by atoms with E-state index in [1.807, 2.05) is 0 Å². The Hall–Kier alpha value is -3.02. The van der Waals surface area contributed by atoms with E-state index in [0.717, 1.165) is 0 Å². The van der Waals surface area contributed by atoms with Gasteiger partial charge in [-0.2, -0.15) is 4.31 Å². The molecule has 4 rings (SSSR count). The first kappa shape index (κ1) is 25.1. The number of aryl methyl sites for hydroxylation is 1. The van der Waals surface area contributed by atoms with Gasteiger partial charge in [0, 0.05) is 31.3 Å². The maximum atomic E-state index is 13.5. The Labute approximate surface area is 208 Å². The summed E-state index contributed by atoms with van der Waals surface area (Å²) in [4.78, 5) is 24.7. The molecular weight excluding hydrogens is 498 g/mol. The fraction of sp³-hybridized carbons (Fsp3) is 0.391. The lowest BCUT2D eigenvalue weighted by Gasteiger charge is -2.32. The van der Waals surface area contributed by atoms with Crippen LogP contribution in [-0.2, 0) is 19.6 Å². The predicted molar refractivity (Wildman–Crippen MR) is 130 cm³/mol. The van der Waals surface area contributed by atoms with Gasteiger partial charge in [0.25, 0.3) is 5.91 Å². The lowest BCUT2D eigenvalue weighted by molar-refractivity contribution is -0.121. The largest absolute Gasteiger partial charge is 0.497 e. The smallest absolute Gasteiger partial charge is 0.262 e. The number of halogens is 1. The van der Waals surface area contributed by atoms with Gasteiger partial charge in [-0.15, -0.1) is 0 Å². The van der Waals surface area contributed by atoms with Crippen molar-refractivity contribution < 1.29 is 32.2 Å². The van der Waals surface area contributed by atoms with Gasteiger partial charge in [-0.3, -0.25) is 9.59 Å². The number of amides is 2. The maximum Gasteiger partial charge on any atom is 0.262 e. The van der Waals surface area contributed by atoms with Crippen molar-refractivity contribution in [2.24, 2.45) is 5.92 Å². The third-order valence-corrected chi connectivity index (χ3v) is 8.32. The van der Waals surface area contributed by atoms with Crippen LogP contribution >= 0.6 is 11.6 Å². The van der Waals surface area contributed by atoms with Crippen molar-refractivity contribution >= 4 is 44.8 Å². The summed E-state index contributed by atoms with van der Waals surface area (Å²) < 4.78 is 44.2. The van der Waals surface area contributed by atoms with E-state index in [1.165, 1.54) is 24.6 Å². The van der Waals surface area contributed by atoms with E-state index in [1.54, 1.807) is 25.1 Å². The highest BCUT2D eigenvalue weighted by molar-refractivity contribution is 7.89. The third-order valence-electron chi connectivity index (χ3n) is 6.01. The van der Waals surface area contributed by atoms with Crippen molar-refractivity contribution in [2.45, 2.75) is 24.7 Å². The molecule has 12 heteroatoms. The highest BCUT2D eigenvalue weighted by atomic mass is 35.5. The molecule has 0 radical (unpaired) electrons. The van der Waals surface area contributed by atoms with E-state index in [0.29, 0.717) is 47.0 Å². The Kier molecular flexibility index (Phi) is 7.11. The quantitative estimate of drug-likeness (QED) is 0.596. The van der Waals surface area contributed by atoms with Crippen molar-refractivity contribution in [1.82, 2.24) is 4.31 Å². The van der Waals surface area contributed by atoms with Gasteiger partial charge >= 0.3 is 0 Å². The van der Waals surface area contributed by atoms with E-state index >= 15 is 0 Å². The molecule has 2 amide bonds. The van der Waals surface area contributed by atoms with Crippen molar-refractivity contribution in [3.8, 4) is 17.2 Å². The molecule has 1 saturated heterocycles. The summed E-state index contributed by atoms with van der Waals surface area (Å²) in [5, 5.41) is 5.70. The second-order valence-electron chi connectivity index (χ2n) is 8.33. The highest BCUT2D eigenvalue weighted by Gasteiger charge is 2.35. The summed E-state index contributed by atoms with van der Waals surface area (Å²) in [6, 6.07) is 6.15. The summed E-state index contributed by atoms with van der Waals surface area (Å²) in [5.41, 5.74) is 1.19. The highest BCUT2D eigenvalue weighted by Crippen LogP contribution is 2.38. The molecule has 10 nitrogen and oxygen atoms in total. The maximum absolute atomic E-state index is 13.5. The number of rotatable bonds is 6. The molecule has 0 aromatic heterocycles. The van der Waals surface area contributed by atoms with Crippen molar-refractivity contribution in [3.63, 3.8) is 0 Å². The summed E-state index contributed by atoms with van der Waals surface area (Å²) in [7, 11) is -0.973. The Morgan fingerprint density at radius 3 is 2.71 bits per heavy atom. The van der Waals surface area contributed by atoms with Crippen LogP contribution in [0.1, 0.15) is 18.4 Å². The third kappa shape index (κ3) is 5.02. The number of ether oxygens (including phenoxy) is 3. The molecule has 1 unspecified atom stereocenters. The number of benzene rings is 2. The van der Waals surface area contributed by atoms with Gasteiger partial charge in [-0.25, -0.2) is 8.42 Å². The first-order chi connectivity index (χ1) is 16.6. The molecule has 2 aromatic rings. The number of fused-ring (bicyclic) bond motifs is 1. The molecule has 0 aliphatic carbocycles. The molecule has 1 fully saturated rings. The molecule has 188 valence electrons. The van der Waals surface area contributed by atoms with Gasteiger partial charge in [0.15, 0.2) is 6.61 Å². The van der Waals surface area contributed by atoms with E-state index in [2.05, 4.69) is 10.6 Å². The number of nitrogens with zero attached hydrogens (tertiary/aromatic N) is 1. The van der Waals surface area contributed by atoms with Gasteiger partial charge in [-0.05, 0) is 31.4 Å². The number of carbonyl (C=O) groups excluding carboxylic acids is 2. The number of sulfonamides is 1. The van der Waals surface area contributed by atoms with E-state index < -0.39 is 15.9 Å². The Bertz CT molecular complexity index is 1280. The monoisotopic (exact) mass is 523 g/mol. The molecule has 2 heterocycles. The average molecular weight is 524 g/mol. The van der Waals surface area contributed by atoms with Gasteiger partial charge in [0.05, 0.1) is 35.7 Å². The molecule has 2 aromatic carbocycles. The van der Waals surface area contributed by atoms with Crippen LogP contribution in [0.3, 0.4) is 0 Å². The minimum Gasteiger partial charge on any atom is -0.497 e. The lowest BCUT2D eigenvalue weighted by Crippen LogP contribution is -2.44. The van der Waals surface area contributed by atoms with Crippen molar-refractivity contribution in [3.05, 3.63) is 34.9 Å². The average Bonchev–Trinajstić information content (AvgIpc) is 2.84.